The molecule has 2 aromatic carbocycles. The molecule has 2 atom stereocenters. The van der Waals surface area contributed by atoms with Crippen LogP contribution in [0.2, 0.25) is 5.02 Å². The number of hydrogen-bond acceptors (Lipinski definition) is 8. The van der Waals surface area contributed by atoms with Gasteiger partial charge in [-0.3, -0.25) is 9.59 Å². The highest BCUT2D eigenvalue weighted by Gasteiger charge is 2.36. The van der Waals surface area contributed by atoms with Crippen LogP contribution < -0.4 is 20.1 Å². The van der Waals surface area contributed by atoms with E-state index < -0.39 is 12.0 Å². The highest BCUT2D eigenvalue weighted by Crippen LogP contribution is 2.37. The maximum atomic E-state index is 13.1. The van der Waals surface area contributed by atoms with Crippen molar-refractivity contribution in [3.63, 3.8) is 0 Å². The number of nitrogens with two attached hydrogens (primary N) is 1. The first kappa shape index (κ1) is 24.1. The van der Waals surface area contributed by atoms with Crippen molar-refractivity contribution in [1.82, 2.24) is 15.0 Å². The summed E-state index contributed by atoms with van der Waals surface area (Å²) in [7, 11) is 1.53. The summed E-state index contributed by atoms with van der Waals surface area (Å²) in [5, 5.41) is 9.47. The van der Waals surface area contributed by atoms with E-state index in [2.05, 4.69) is 10.2 Å². The number of benzene rings is 2. The van der Waals surface area contributed by atoms with Crippen LogP contribution >= 0.6 is 11.6 Å². The Bertz CT molecular complexity index is 1290. The quantitative estimate of drug-likeness (QED) is 0.435. The molecule has 2 heterocycles. The number of carbonyl (C=O) groups is 2. The average Bonchev–Trinajstić information content (AvgIpc) is 3.56. The molecule has 1 aromatic heterocycles. The smallest absolute Gasteiger partial charge is 0.323 e. The normalized spacial score (nSPS) is 16.4. The maximum absolute atomic E-state index is 13.1. The molecular weight excluding hydrogens is 486 g/mol. The Hall–Kier alpha value is -3.63. The summed E-state index contributed by atoms with van der Waals surface area (Å²) in [6, 6.07) is 11.6. The van der Waals surface area contributed by atoms with Gasteiger partial charge < -0.3 is 24.8 Å². The molecule has 188 valence electrons. The number of halogens is 1. The van der Waals surface area contributed by atoms with Gasteiger partial charge in [0, 0.05) is 16.8 Å². The third-order valence-corrected chi connectivity index (χ3v) is 6.40. The first-order valence-electron chi connectivity index (χ1n) is 11.6. The second-order valence-corrected chi connectivity index (χ2v) is 9.34. The molecule has 0 saturated heterocycles. The summed E-state index contributed by atoms with van der Waals surface area (Å²) in [6.07, 6.45) is 1.60. The molecule has 1 saturated carbocycles. The van der Waals surface area contributed by atoms with E-state index in [4.69, 9.17) is 31.5 Å². The molecule has 3 aromatic rings. The van der Waals surface area contributed by atoms with Crippen LogP contribution in [0.15, 0.2) is 42.5 Å². The van der Waals surface area contributed by atoms with Gasteiger partial charge in [-0.15, -0.1) is 5.10 Å². The minimum atomic E-state index is -0.690. The zero-order valence-corrected chi connectivity index (χ0v) is 20.6. The topological polar surface area (TPSA) is 122 Å². The van der Waals surface area contributed by atoms with Crippen LogP contribution in [0, 0.1) is 5.92 Å². The monoisotopic (exact) mass is 511 g/mol. The van der Waals surface area contributed by atoms with Gasteiger partial charge in [-0.2, -0.15) is 9.90 Å². The molecule has 1 amide bonds. The number of rotatable bonds is 9. The molecule has 2 aliphatic rings. The van der Waals surface area contributed by atoms with Gasteiger partial charge in [0.1, 0.15) is 24.4 Å². The first-order chi connectivity index (χ1) is 17.3. The molecule has 0 bridgehead atoms. The third-order valence-electron chi connectivity index (χ3n) is 6.15. The van der Waals surface area contributed by atoms with Crippen molar-refractivity contribution in [2.45, 2.75) is 38.5 Å². The lowest BCUT2D eigenvalue weighted by Crippen LogP contribution is -2.35. The van der Waals surface area contributed by atoms with E-state index in [0.29, 0.717) is 39.3 Å². The summed E-state index contributed by atoms with van der Waals surface area (Å²) >= 11 is 5.95. The van der Waals surface area contributed by atoms with E-state index in [0.717, 1.165) is 12.8 Å². The summed E-state index contributed by atoms with van der Waals surface area (Å²) in [6.45, 7) is 2.06. The third kappa shape index (κ3) is 4.87. The van der Waals surface area contributed by atoms with E-state index in [1.165, 1.54) is 11.9 Å². The number of methoxy groups -OCH3 is 1. The minimum absolute atomic E-state index is 0.190. The number of carbonyl (C=O) groups excluding carboxylic acids is 2. The molecule has 11 heteroatoms. The van der Waals surface area contributed by atoms with Crippen LogP contribution in [-0.4, -0.2) is 52.7 Å². The summed E-state index contributed by atoms with van der Waals surface area (Å²) < 4.78 is 17.0. The fourth-order valence-electron chi connectivity index (χ4n) is 3.96. The SMILES string of the molecule is COc1cc(N2Cc3nn(-c4ccc(Cl)cc4)nc3C2=O)ccc1OCC(OC(=O)[C@H](C)N)C1CC1. The fraction of sp³-hybridized carbons (Fsp3) is 0.360. The molecule has 5 rings (SSSR count). The Balaban J connectivity index is 1.28. The van der Waals surface area contributed by atoms with Gasteiger partial charge in [-0.25, -0.2) is 0 Å². The molecule has 1 aliphatic carbocycles. The second-order valence-electron chi connectivity index (χ2n) is 8.90. The number of hydrogen-bond donors (Lipinski definition) is 1. The number of aromatic nitrogens is 3. The van der Waals surface area contributed by atoms with E-state index in [-0.39, 0.29) is 31.1 Å². The standard InChI is InChI=1S/C25H26ClN5O5/c1-14(27)25(33)36-22(15-3-4-15)13-35-20-10-9-18(11-21(20)34-2)30-12-19-23(24(30)32)29-31(28-19)17-7-5-16(26)6-8-17/h5-11,14-15,22H,3-4,12-13,27H2,1-2H3/t14-,22?/m0/s1. The van der Waals surface area contributed by atoms with Crippen LogP contribution in [0.4, 0.5) is 5.69 Å². The van der Waals surface area contributed by atoms with E-state index in [9.17, 15) is 9.59 Å². The molecule has 36 heavy (non-hydrogen) atoms. The molecule has 10 nitrogen and oxygen atoms in total. The molecule has 1 aliphatic heterocycles. The Morgan fingerprint density at radius 2 is 1.86 bits per heavy atom. The number of fused-ring (bicyclic) bond motifs is 1. The summed E-state index contributed by atoms with van der Waals surface area (Å²) in [5.41, 5.74) is 7.85. The number of anilines is 1. The molecule has 0 spiro atoms. The van der Waals surface area contributed by atoms with Crippen LogP contribution in [-0.2, 0) is 16.1 Å². The number of nitrogens with zero attached hydrogens (tertiary/aromatic N) is 4. The summed E-state index contributed by atoms with van der Waals surface area (Å²) in [4.78, 5) is 28.1. The van der Waals surface area contributed by atoms with E-state index >= 15 is 0 Å². The first-order valence-corrected chi connectivity index (χ1v) is 12.0. The zero-order chi connectivity index (χ0) is 25.4. The zero-order valence-electron chi connectivity index (χ0n) is 19.9. The molecule has 0 radical (unpaired) electrons. The van der Waals surface area contributed by atoms with Gasteiger partial charge >= 0.3 is 5.97 Å². The number of ether oxygens (including phenoxy) is 3. The van der Waals surface area contributed by atoms with Crippen molar-refractivity contribution in [2.75, 3.05) is 18.6 Å². The Kier molecular flexibility index (Phi) is 6.55. The van der Waals surface area contributed by atoms with E-state index in [1.807, 2.05) is 0 Å². The maximum Gasteiger partial charge on any atom is 0.323 e. The van der Waals surface area contributed by atoms with E-state index in [1.54, 1.807) is 54.3 Å². The Labute approximate surface area is 212 Å². The van der Waals surface area contributed by atoms with Gasteiger partial charge in [0.15, 0.2) is 17.2 Å². The number of esters is 1. The Morgan fingerprint density at radius 1 is 1.14 bits per heavy atom. The second kappa shape index (κ2) is 9.79. The van der Waals surface area contributed by atoms with Gasteiger partial charge in [0.25, 0.3) is 5.91 Å². The van der Waals surface area contributed by atoms with Gasteiger partial charge in [0.2, 0.25) is 0 Å². The average molecular weight is 512 g/mol. The van der Waals surface area contributed by atoms with Crippen LogP contribution in [0.25, 0.3) is 5.69 Å². The van der Waals surface area contributed by atoms with Crippen molar-refractivity contribution in [2.24, 2.45) is 11.7 Å². The lowest BCUT2D eigenvalue weighted by atomic mass is 10.2. The molecule has 1 unspecified atom stereocenters. The van der Waals surface area contributed by atoms with Crippen molar-refractivity contribution in [1.29, 1.82) is 0 Å². The fourth-order valence-corrected chi connectivity index (χ4v) is 4.09. The Morgan fingerprint density at radius 3 is 2.50 bits per heavy atom. The molecule has 1 fully saturated rings. The molecular formula is C25H26ClN5O5. The largest absolute Gasteiger partial charge is 0.493 e. The van der Waals surface area contributed by atoms with Gasteiger partial charge in [0.05, 0.1) is 19.3 Å². The lowest BCUT2D eigenvalue weighted by Gasteiger charge is -2.21. The highest BCUT2D eigenvalue weighted by atomic mass is 35.5. The predicted octanol–water partition coefficient (Wildman–Crippen LogP) is 3.14. The highest BCUT2D eigenvalue weighted by molar-refractivity contribution is 6.30. The lowest BCUT2D eigenvalue weighted by molar-refractivity contribution is -0.153. The van der Waals surface area contributed by atoms with Crippen molar-refractivity contribution in [3.05, 3.63) is 58.9 Å². The van der Waals surface area contributed by atoms with Crippen LogP contribution in [0.1, 0.15) is 35.9 Å². The van der Waals surface area contributed by atoms with Gasteiger partial charge in [-0.1, -0.05) is 11.6 Å². The van der Waals surface area contributed by atoms with Crippen LogP contribution in [0.5, 0.6) is 11.5 Å². The number of amides is 1. The van der Waals surface area contributed by atoms with Gasteiger partial charge in [-0.05, 0) is 62.1 Å². The van der Waals surface area contributed by atoms with Crippen molar-refractivity contribution in [3.8, 4) is 17.2 Å². The predicted molar refractivity (Wildman–Crippen MR) is 132 cm³/mol. The summed E-state index contributed by atoms with van der Waals surface area (Å²) in [5.74, 6) is 0.513. The van der Waals surface area contributed by atoms with Crippen molar-refractivity contribution >= 4 is 29.2 Å². The van der Waals surface area contributed by atoms with Crippen LogP contribution in [0.3, 0.4) is 0 Å². The molecule has 2 N–H and O–H groups in total. The van der Waals surface area contributed by atoms with Crippen molar-refractivity contribution < 1.29 is 23.8 Å². The minimum Gasteiger partial charge on any atom is -0.493 e.